The van der Waals surface area contributed by atoms with Crippen LogP contribution in [0.15, 0.2) is 48.7 Å². The molecular weight excluding hydrogens is 466 g/mol. The first-order valence-corrected chi connectivity index (χ1v) is 11.2. The average molecular weight is 491 g/mol. The summed E-state index contributed by atoms with van der Waals surface area (Å²) in [6.07, 6.45) is 0.307. The van der Waals surface area contributed by atoms with E-state index in [2.05, 4.69) is 10.4 Å². The van der Waals surface area contributed by atoms with Gasteiger partial charge in [-0.3, -0.25) is 9.48 Å². The third-order valence-corrected chi connectivity index (χ3v) is 5.75. The molecule has 0 spiro atoms. The second-order valence-electron chi connectivity index (χ2n) is 8.26. The lowest BCUT2D eigenvalue weighted by atomic mass is 9.97. The second kappa shape index (κ2) is 10.8. The predicted molar refractivity (Wildman–Crippen MR) is 123 cm³/mol. The number of hydrogen-bond donors (Lipinski definition) is 2. The molecule has 186 valence electrons. The number of halogens is 4. The second-order valence-corrected chi connectivity index (χ2v) is 8.26. The van der Waals surface area contributed by atoms with Crippen LogP contribution in [0.2, 0.25) is 0 Å². The van der Waals surface area contributed by atoms with Crippen molar-refractivity contribution in [3.63, 3.8) is 0 Å². The van der Waals surface area contributed by atoms with Crippen LogP contribution in [0.1, 0.15) is 23.3 Å². The molecule has 4 rings (SSSR count). The van der Waals surface area contributed by atoms with Crippen molar-refractivity contribution < 1.29 is 27.1 Å². The van der Waals surface area contributed by atoms with Gasteiger partial charge < -0.3 is 20.7 Å². The van der Waals surface area contributed by atoms with E-state index in [1.807, 2.05) is 0 Å². The van der Waals surface area contributed by atoms with E-state index in [9.17, 15) is 18.0 Å². The van der Waals surface area contributed by atoms with E-state index >= 15 is 4.39 Å². The van der Waals surface area contributed by atoms with Crippen LogP contribution in [-0.2, 0) is 6.54 Å². The summed E-state index contributed by atoms with van der Waals surface area (Å²) >= 11 is 0. The smallest absolute Gasteiger partial charge is 0.276 e. The van der Waals surface area contributed by atoms with Crippen molar-refractivity contribution in [2.75, 3.05) is 29.9 Å². The largest absolute Gasteiger partial charge is 0.451 e. The van der Waals surface area contributed by atoms with Crippen molar-refractivity contribution in [2.24, 2.45) is 11.7 Å². The summed E-state index contributed by atoms with van der Waals surface area (Å²) in [5.41, 5.74) is 5.97. The van der Waals surface area contributed by atoms with Crippen LogP contribution >= 0.6 is 0 Å². The van der Waals surface area contributed by atoms with Crippen molar-refractivity contribution in [3.05, 3.63) is 66.0 Å². The molecule has 2 aromatic carbocycles. The van der Waals surface area contributed by atoms with E-state index in [1.54, 1.807) is 11.0 Å². The van der Waals surface area contributed by atoms with Gasteiger partial charge in [0.25, 0.3) is 12.3 Å². The van der Waals surface area contributed by atoms with E-state index in [1.165, 1.54) is 42.6 Å². The van der Waals surface area contributed by atoms with E-state index in [0.29, 0.717) is 19.6 Å². The summed E-state index contributed by atoms with van der Waals surface area (Å²) in [5, 5.41) is 6.48. The fourth-order valence-electron chi connectivity index (χ4n) is 4.05. The molecule has 35 heavy (non-hydrogen) atoms. The van der Waals surface area contributed by atoms with Gasteiger partial charge in [0.2, 0.25) is 0 Å². The normalized spacial score (nSPS) is 15.9. The van der Waals surface area contributed by atoms with Crippen molar-refractivity contribution in [3.8, 4) is 11.5 Å². The molecule has 0 unspecified atom stereocenters. The Hall–Kier alpha value is -3.60. The fourth-order valence-corrected chi connectivity index (χ4v) is 4.05. The number of nitrogens with two attached hydrogens (primary N) is 1. The minimum atomic E-state index is -2.62. The lowest BCUT2D eigenvalue weighted by Gasteiger charge is -2.35. The standard InChI is InChI=1S/C24H25F4N5O2/c25-16-5-1-2-6-19(16)35-20-8-7-17(23(22(20)28)32-10-3-4-15(12-29)13-32)30-24(34)18-9-11-33(31-18)14-21(26)27/h1-2,5-9,11,15,21H,3-4,10,12-14,29H2,(H,30,34)/t15-/m0/s1. The number of hydrogen-bond acceptors (Lipinski definition) is 5. The maximum Gasteiger partial charge on any atom is 0.276 e. The maximum absolute atomic E-state index is 15.8. The van der Waals surface area contributed by atoms with Crippen LogP contribution < -0.4 is 20.7 Å². The fraction of sp³-hybridized carbons (Fsp3) is 0.333. The molecule has 1 aliphatic heterocycles. The summed E-state index contributed by atoms with van der Waals surface area (Å²) in [6, 6.07) is 9.68. The van der Waals surface area contributed by atoms with E-state index in [0.717, 1.165) is 17.5 Å². The first-order valence-electron chi connectivity index (χ1n) is 11.2. The Morgan fingerprint density at radius 1 is 1.17 bits per heavy atom. The maximum atomic E-state index is 15.8. The number of aromatic nitrogens is 2. The van der Waals surface area contributed by atoms with Crippen molar-refractivity contribution in [1.82, 2.24) is 9.78 Å². The molecule has 1 fully saturated rings. The number of nitrogens with one attached hydrogen (secondary N) is 1. The predicted octanol–water partition coefficient (Wildman–Crippen LogP) is 4.65. The number of ether oxygens (including phenoxy) is 1. The summed E-state index contributed by atoms with van der Waals surface area (Å²) < 4.78 is 61.6. The van der Waals surface area contributed by atoms with Gasteiger partial charge >= 0.3 is 0 Å². The summed E-state index contributed by atoms with van der Waals surface area (Å²) in [4.78, 5) is 14.6. The number of amides is 1. The molecule has 11 heteroatoms. The lowest BCUT2D eigenvalue weighted by molar-refractivity contribution is 0.101. The number of carbonyl (C=O) groups is 1. The SMILES string of the molecule is NC[C@@H]1CCCN(c2c(NC(=O)c3ccn(CC(F)F)n3)ccc(Oc3ccccc3F)c2F)C1. The van der Waals surface area contributed by atoms with Gasteiger partial charge in [0.15, 0.2) is 28.8 Å². The lowest BCUT2D eigenvalue weighted by Crippen LogP contribution is -2.39. The molecule has 1 amide bonds. The highest BCUT2D eigenvalue weighted by molar-refractivity contribution is 6.04. The number of nitrogens with zero attached hydrogens (tertiary/aromatic N) is 3. The zero-order valence-electron chi connectivity index (χ0n) is 18.8. The molecule has 2 heterocycles. The number of carbonyl (C=O) groups excluding carboxylic acids is 1. The topological polar surface area (TPSA) is 85.4 Å². The molecule has 0 saturated carbocycles. The molecule has 1 aromatic heterocycles. The van der Waals surface area contributed by atoms with Crippen LogP contribution in [0.4, 0.5) is 28.9 Å². The molecule has 3 N–H and O–H groups in total. The van der Waals surface area contributed by atoms with Crippen LogP contribution in [-0.4, -0.2) is 41.7 Å². The van der Waals surface area contributed by atoms with Gasteiger partial charge in [0.05, 0.1) is 5.69 Å². The molecule has 1 aliphatic rings. The van der Waals surface area contributed by atoms with Crippen LogP contribution in [0, 0.1) is 17.6 Å². The first kappa shape index (κ1) is 24.5. The molecule has 1 saturated heterocycles. The van der Waals surface area contributed by atoms with E-state index in [-0.39, 0.29) is 34.5 Å². The van der Waals surface area contributed by atoms with Crippen LogP contribution in [0.25, 0.3) is 0 Å². The van der Waals surface area contributed by atoms with Crippen LogP contribution in [0.5, 0.6) is 11.5 Å². The highest BCUT2D eigenvalue weighted by Gasteiger charge is 2.27. The van der Waals surface area contributed by atoms with Crippen molar-refractivity contribution in [1.29, 1.82) is 0 Å². The first-order chi connectivity index (χ1) is 16.9. The highest BCUT2D eigenvalue weighted by atomic mass is 19.3. The van der Waals surface area contributed by atoms with Crippen molar-refractivity contribution >= 4 is 17.3 Å². The quantitative estimate of drug-likeness (QED) is 0.449. The van der Waals surface area contributed by atoms with Gasteiger partial charge in [-0.15, -0.1) is 0 Å². The summed E-state index contributed by atoms with van der Waals surface area (Å²) in [6.45, 7) is 0.751. The number of para-hydroxylation sites is 1. The van der Waals surface area contributed by atoms with E-state index < -0.39 is 30.5 Å². The van der Waals surface area contributed by atoms with Crippen molar-refractivity contribution in [2.45, 2.75) is 25.8 Å². The minimum Gasteiger partial charge on any atom is -0.451 e. The molecule has 0 radical (unpaired) electrons. The number of anilines is 2. The number of alkyl halides is 2. The van der Waals surface area contributed by atoms with Gasteiger partial charge in [-0.05, 0) is 55.6 Å². The van der Waals surface area contributed by atoms with E-state index in [4.69, 9.17) is 10.5 Å². The molecule has 7 nitrogen and oxygen atoms in total. The van der Waals surface area contributed by atoms with Gasteiger partial charge in [0, 0.05) is 19.3 Å². The number of rotatable bonds is 8. The Kier molecular flexibility index (Phi) is 7.54. The monoisotopic (exact) mass is 491 g/mol. The van der Waals surface area contributed by atoms with Gasteiger partial charge in [-0.1, -0.05) is 12.1 Å². The van der Waals surface area contributed by atoms with Gasteiger partial charge in [-0.2, -0.15) is 5.10 Å². The summed E-state index contributed by atoms with van der Waals surface area (Å²) in [7, 11) is 0. The molecule has 0 bridgehead atoms. The Morgan fingerprint density at radius 3 is 2.71 bits per heavy atom. The Balaban J connectivity index is 1.66. The molecule has 1 atom stereocenters. The Bertz CT molecular complexity index is 1190. The number of benzene rings is 2. The molecule has 0 aliphatic carbocycles. The zero-order valence-corrected chi connectivity index (χ0v) is 18.8. The molecule has 3 aromatic rings. The van der Waals surface area contributed by atoms with Gasteiger partial charge in [0.1, 0.15) is 12.2 Å². The minimum absolute atomic E-state index is 0.0809. The Labute approximate surface area is 199 Å². The third kappa shape index (κ3) is 5.73. The summed E-state index contributed by atoms with van der Waals surface area (Å²) in [5.74, 6) is -2.32. The average Bonchev–Trinajstić information content (AvgIpc) is 3.30. The molecular formula is C24H25F4N5O2. The van der Waals surface area contributed by atoms with Gasteiger partial charge in [-0.25, -0.2) is 17.6 Å². The highest BCUT2D eigenvalue weighted by Crippen LogP contribution is 2.39. The zero-order chi connectivity index (χ0) is 24.9. The number of piperidine rings is 1. The third-order valence-electron chi connectivity index (χ3n) is 5.75. The Morgan fingerprint density at radius 2 is 1.97 bits per heavy atom. The van der Waals surface area contributed by atoms with Crippen LogP contribution in [0.3, 0.4) is 0 Å².